The number of anilines is 1. The number of carbonyl (C=O) groups excluding carboxylic acids is 2. The lowest BCUT2D eigenvalue weighted by atomic mass is 10.0. The van der Waals surface area contributed by atoms with E-state index in [1.807, 2.05) is 24.3 Å². The van der Waals surface area contributed by atoms with E-state index in [1.165, 1.54) is 24.1 Å². The van der Waals surface area contributed by atoms with Crippen LogP contribution in [0.15, 0.2) is 54.4 Å². The van der Waals surface area contributed by atoms with Gasteiger partial charge in [0.1, 0.15) is 11.9 Å². The summed E-state index contributed by atoms with van der Waals surface area (Å²) >= 11 is 0. The molecule has 1 aliphatic rings. The van der Waals surface area contributed by atoms with E-state index in [2.05, 4.69) is 16.1 Å². The first-order valence-corrected chi connectivity index (χ1v) is 10.1. The number of benzene rings is 2. The van der Waals surface area contributed by atoms with Crippen molar-refractivity contribution in [1.29, 1.82) is 0 Å². The number of hydrogen-bond donors (Lipinski definition) is 5. The van der Waals surface area contributed by atoms with Gasteiger partial charge in [-0.3, -0.25) is 15.5 Å². The molecule has 1 fully saturated rings. The van der Waals surface area contributed by atoms with Crippen molar-refractivity contribution in [2.45, 2.75) is 19.6 Å². The first kappa shape index (κ1) is 23.0. The number of cyclic esters (lactones) is 1. The first-order valence-electron chi connectivity index (χ1n) is 10.1. The van der Waals surface area contributed by atoms with Gasteiger partial charge in [0.15, 0.2) is 0 Å². The van der Waals surface area contributed by atoms with E-state index in [0.717, 1.165) is 11.1 Å². The third-order valence-corrected chi connectivity index (χ3v) is 4.91. The molecule has 170 valence electrons. The number of carbonyl (C=O) groups is 2. The number of nitrogens with zero attached hydrogens (tertiary/aromatic N) is 1. The van der Waals surface area contributed by atoms with E-state index >= 15 is 0 Å². The molecule has 2 aromatic carbocycles. The molecule has 1 aliphatic heterocycles. The van der Waals surface area contributed by atoms with E-state index < -0.39 is 18.0 Å². The van der Waals surface area contributed by atoms with Crippen molar-refractivity contribution in [3.05, 3.63) is 65.7 Å². The zero-order valence-electron chi connectivity index (χ0n) is 17.7. The van der Waals surface area contributed by atoms with Gasteiger partial charge in [0, 0.05) is 37.5 Å². The summed E-state index contributed by atoms with van der Waals surface area (Å²) in [5.74, 6) is 4.52. The molecule has 3 rings (SSSR count). The summed E-state index contributed by atoms with van der Waals surface area (Å²) in [6, 6.07) is 12.1. The lowest BCUT2D eigenvalue weighted by Crippen LogP contribution is -2.33. The van der Waals surface area contributed by atoms with E-state index in [4.69, 9.17) is 16.3 Å². The topological polar surface area (TPSA) is 135 Å². The number of nitrogens with one attached hydrogen (secondary N) is 3. The number of hydrogen-bond acceptors (Lipinski definition) is 7. The van der Waals surface area contributed by atoms with E-state index in [9.17, 15) is 14.0 Å². The Kier molecular flexibility index (Phi) is 7.63. The Labute approximate surface area is 185 Å². The molecular formula is C22H27FN6O3. The molecule has 1 saturated heterocycles. The molecule has 10 heteroatoms. The normalized spacial score (nSPS) is 16.1. The van der Waals surface area contributed by atoms with Gasteiger partial charge in [-0.25, -0.2) is 9.18 Å². The number of amides is 2. The van der Waals surface area contributed by atoms with Gasteiger partial charge < -0.3 is 26.5 Å². The quantitative estimate of drug-likeness (QED) is 0.292. The molecule has 0 aromatic heterocycles. The number of halogens is 1. The summed E-state index contributed by atoms with van der Waals surface area (Å²) in [6.45, 7) is 2.91. The molecule has 2 amide bonds. The van der Waals surface area contributed by atoms with E-state index in [0.29, 0.717) is 30.0 Å². The van der Waals surface area contributed by atoms with Crippen molar-refractivity contribution in [3.8, 4) is 11.1 Å². The number of ether oxygens (including phenoxy) is 1. The van der Waals surface area contributed by atoms with Crippen LogP contribution in [0.4, 0.5) is 14.9 Å². The Bertz CT molecular complexity index is 996. The van der Waals surface area contributed by atoms with Gasteiger partial charge in [-0.15, -0.1) is 0 Å². The minimum Gasteiger partial charge on any atom is -0.442 e. The standard InChI is InChI=1S/C22H27FN6O3/c1-14(30)27-12-19-13-29(22(31)32-19)18-6-7-20(21(23)8-18)16-4-2-15(3-5-16)9-26-10-17(24)11-28-25/h2-8,11,19,26,28H,9-10,12-13,24-25H2,1H3,(H,27,30)/b17-11-/t19-/m0/s1. The molecule has 7 N–H and O–H groups in total. The van der Waals surface area contributed by atoms with E-state index in [1.54, 1.807) is 12.1 Å². The van der Waals surface area contributed by atoms with Crippen molar-refractivity contribution in [2.75, 3.05) is 24.5 Å². The second kappa shape index (κ2) is 10.6. The van der Waals surface area contributed by atoms with Crippen LogP contribution in [0.25, 0.3) is 11.1 Å². The average Bonchev–Trinajstić information content (AvgIpc) is 3.13. The SMILES string of the molecule is CC(=O)NC[C@H]1CN(c2ccc(-c3ccc(CNC/C(N)=C/NN)cc3)c(F)c2)C(=O)O1. The highest BCUT2D eigenvalue weighted by molar-refractivity contribution is 5.90. The minimum absolute atomic E-state index is 0.207. The summed E-state index contributed by atoms with van der Waals surface area (Å²) in [6.07, 6.45) is 0.461. The highest BCUT2D eigenvalue weighted by Crippen LogP contribution is 2.29. The Morgan fingerprint density at radius 1 is 1.28 bits per heavy atom. The van der Waals surface area contributed by atoms with Crippen LogP contribution in [0.3, 0.4) is 0 Å². The molecule has 9 nitrogen and oxygen atoms in total. The summed E-state index contributed by atoms with van der Waals surface area (Å²) in [5, 5.41) is 5.80. The summed E-state index contributed by atoms with van der Waals surface area (Å²) in [5.41, 5.74) is 11.3. The number of nitrogens with two attached hydrogens (primary N) is 2. The lowest BCUT2D eigenvalue weighted by molar-refractivity contribution is -0.119. The molecule has 0 radical (unpaired) electrons. The Morgan fingerprint density at radius 3 is 2.69 bits per heavy atom. The van der Waals surface area contributed by atoms with Crippen LogP contribution in [-0.2, 0) is 16.1 Å². The van der Waals surface area contributed by atoms with Gasteiger partial charge in [-0.1, -0.05) is 24.3 Å². The van der Waals surface area contributed by atoms with Crippen molar-refractivity contribution in [3.63, 3.8) is 0 Å². The van der Waals surface area contributed by atoms with Gasteiger partial charge in [0.25, 0.3) is 0 Å². The second-order valence-electron chi connectivity index (χ2n) is 7.40. The van der Waals surface area contributed by atoms with Crippen LogP contribution in [0, 0.1) is 5.82 Å². The van der Waals surface area contributed by atoms with Crippen LogP contribution in [-0.4, -0.2) is 37.7 Å². The maximum atomic E-state index is 14.8. The molecule has 1 atom stereocenters. The fraction of sp³-hybridized carbons (Fsp3) is 0.273. The Hall–Kier alpha value is -3.63. The van der Waals surface area contributed by atoms with Crippen LogP contribution in [0.5, 0.6) is 0 Å². The maximum Gasteiger partial charge on any atom is 0.414 e. The molecular weight excluding hydrogens is 415 g/mol. The molecule has 0 saturated carbocycles. The fourth-order valence-corrected chi connectivity index (χ4v) is 3.31. The van der Waals surface area contributed by atoms with Crippen molar-refractivity contribution < 1.29 is 18.7 Å². The van der Waals surface area contributed by atoms with Gasteiger partial charge in [-0.2, -0.15) is 0 Å². The molecule has 0 aliphatic carbocycles. The predicted octanol–water partition coefficient (Wildman–Crippen LogP) is 1.31. The summed E-state index contributed by atoms with van der Waals surface area (Å²) < 4.78 is 20.1. The summed E-state index contributed by atoms with van der Waals surface area (Å²) in [7, 11) is 0. The molecule has 1 heterocycles. The number of hydrazine groups is 1. The van der Waals surface area contributed by atoms with Crippen molar-refractivity contribution in [2.24, 2.45) is 11.6 Å². The highest BCUT2D eigenvalue weighted by Gasteiger charge is 2.32. The lowest BCUT2D eigenvalue weighted by Gasteiger charge is -2.15. The van der Waals surface area contributed by atoms with Gasteiger partial charge in [-0.05, 0) is 29.3 Å². The largest absolute Gasteiger partial charge is 0.442 e. The molecule has 0 unspecified atom stereocenters. The predicted molar refractivity (Wildman–Crippen MR) is 119 cm³/mol. The smallest absolute Gasteiger partial charge is 0.414 e. The number of rotatable bonds is 9. The van der Waals surface area contributed by atoms with Crippen LogP contribution < -0.4 is 32.5 Å². The third-order valence-electron chi connectivity index (χ3n) is 4.91. The molecule has 0 spiro atoms. The second-order valence-corrected chi connectivity index (χ2v) is 7.40. The van der Waals surface area contributed by atoms with Gasteiger partial charge >= 0.3 is 6.09 Å². The highest BCUT2D eigenvalue weighted by atomic mass is 19.1. The van der Waals surface area contributed by atoms with Crippen LogP contribution >= 0.6 is 0 Å². The average molecular weight is 442 g/mol. The maximum absolute atomic E-state index is 14.8. The van der Waals surface area contributed by atoms with Gasteiger partial charge in [0.05, 0.1) is 18.8 Å². The monoisotopic (exact) mass is 442 g/mol. The van der Waals surface area contributed by atoms with Crippen LogP contribution in [0.2, 0.25) is 0 Å². The third kappa shape index (κ3) is 5.96. The zero-order valence-corrected chi connectivity index (χ0v) is 17.7. The summed E-state index contributed by atoms with van der Waals surface area (Å²) in [4.78, 5) is 24.5. The van der Waals surface area contributed by atoms with Crippen molar-refractivity contribution in [1.82, 2.24) is 16.1 Å². The first-order chi connectivity index (χ1) is 15.4. The van der Waals surface area contributed by atoms with Crippen LogP contribution in [0.1, 0.15) is 12.5 Å². The molecule has 0 bridgehead atoms. The van der Waals surface area contributed by atoms with Gasteiger partial charge in [0.2, 0.25) is 5.91 Å². The van der Waals surface area contributed by atoms with E-state index in [-0.39, 0.29) is 19.0 Å². The molecule has 32 heavy (non-hydrogen) atoms. The Morgan fingerprint density at radius 2 is 2.03 bits per heavy atom. The van der Waals surface area contributed by atoms with Crippen molar-refractivity contribution >= 4 is 17.7 Å². The molecule has 2 aromatic rings. The minimum atomic E-state index is -0.568. The Balaban J connectivity index is 1.63. The zero-order chi connectivity index (χ0) is 23.1. The fourth-order valence-electron chi connectivity index (χ4n) is 3.31.